The lowest BCUT2D eigenvalue weighted by atomic mass is 10.1. The Kier molecular flexibility index (Phi) is 10.6. The number of sulfone groups is 1. The van der Waals surface area contributed by atoms with E-state index >= 15 is 0 Å². The van der Waals surface area contributed by atoms with Crippen LogP contribution in [0.3, 0.4) is 0 Å². The molecule has 0 aliphatic rings. The highest BCUT2D eigenvalue weighted by atomic mass is 127. The van der Waals surface area contributed by atoms with Gasteiger partial charge in [0.15, 0.2) is 15.8 Å². The van der Waals surface area contributed by atoms with Gasteiger partial charge in [0.25, 0.3) is 0 Å². The number of hydrogen-bond donors (Lipinski definition) is 2. The Morgan fingerprint density at radius 1 is 1.17 bits per heavy atom. The van der Waals surface area contributed by atoms with E-state index in [1.54, 1.807) is 43.4 Å². The monoisotopic (exact) mass is 533 g/mol. The maximum absolute atomic E-state index is 13.2. The fraction of sp³-hybridized carbons (Fsp3) is 0.381. The lowest BCUT2D eigenvalue weighted by Gasteiger charge is -2.20. The van der Waals surface area contributed by atoms with Gasteiger partial charge in [0, 0.05) is 19.6 Å². The molecule has 2 rings (SSSR count). The van der Waals surface area contributed by atoms with E-state index in [2.05, 4.69) is 15.6 Å². The quantitative estimate of drug-likeness (QED) is 0.309. The molecular weight excluding hydrogens is 504 g/mol. The molecule has 0 radical (unpaired) electrons. The average molecular weight is 533 g/mol. The molecule has 1 atom stereocenters. The first-order chi connectivity index (χ1) is 13.4. The summed E-state index contributed by atoms with van der Waals surface area (Å²) in [5, 5.41) is 6.39. The number of aryl methyl sites for hydroxylation is 1. The molecule has 0 aliphatic heterocycles. The molecule has 5 nitrogen and oxygen atoms in total. The number of guanidine groups is 1. The SMILES string of the molecule is CCC(CS(=O)(=O)c1ccccc1)NC(=NC)NCCc1ccc(F)cc1C.I. The molecule has 0 amide bonds. The van der Waals surface area contributed by atoms with Crippen molar-refractivity contribution in [3.8, 4) is 0 Å². The van der Waals surface area contributed by atoms with Crippen LogP contribution in [0.15, 0.2) is 58.4 Å². The third-order valence-electron chi connectivity index (χ3n) is 4.57. The third-order valence-corrected chi connectivity index (χ3v) is 6.40. The van der Waals surface area contributed by atoms with Crippen LogP contribution in [0.1, 0.15) is 24.5 Å². The van der Waals surface area contributed by atoms with Gasteiger partial charge < -0.3 is 10.6 Å². The van der Waals surface area contributed by atoms with Crippen molar-refractivity contribution < 1.29 is 12.8 Å². The first kappa shape index (κ1) is 25.4. The van der Waals surface area contributed by atoms with Crippen LogP contribution >= 0.6 is 24.0 Å². The molecule has 2 aromatic carbocycles. The topological polar surface area (TPSA) is 70.6 Å². The van der Waals surface area contributed by atoms with Crippen LogP contribution in [0.4, 0.5) is 4.39 Å². The molecule has 29 heavy (non-hydrogen) atoms. The fourth-order valence-corrected chi connectivity index (χ4v) is 4.51. The van der Waals surface area contributed by atoms with Crippen LogP contribution in [-0.2, 0) is 16.3 Å². The molecule has 0 fully saturated rings. The van der Waals surface area contributed by atoms with Gasteiger partial charge in [0.1, 0.15) is 5.82 Å². The molecule has 160 valence electrons. The summed E-state index contributed by atoms with van der Waals surface area (Å²) in [4.78, 5) is 4.51. The maximum atomic E-state index is 13.2. The molecule has 0 heterocycles. The molecule has 8 heteroatoms. The smallest absolute Gasteiger partial charge is 0.191 e. The first-order valence-corrected chi connectivity index (χ1v) is 11.0. The Labute approximate surface area is 190 Å². The Balaban J connectivity index is 0.00000420. The van der Waals surface area contributed by atoms with Crippen molar-refractivity contribution >= 4 is 39.8 Å². The van der Waals surface area contributed by atoms with E-state index in [9.17, 15) is 12.8 Å². The van der Waals surface area contributed by atoms with Gasteiger partial charge in [-0.1, -0.05) is 31.2 Å². The number of hydrogen-bond acceptors (Lipinski definition) is 3. The van der Waals surface area contributed by atoms with Crippen molar-refractivity contribution in [2.45, 2.75) is 37.6 Å². The van der Waals surface area contributed by atoms with Gasteiger partial charge in [-0.25, -0.2) is 12.8 Å². The summed E-state index contributed by atoms with van der Waals surface area (Å²) in [6.45, 7) is 4.42. The highest BCUT2D eigenvalue weighted by molar-refractivity contribution is 14.0. The van der Waals surface area contributed by atoms with Gasteiger partial charge in [-0.3, -0.25) is 4.99 Å². The number of benzene rings is 2. The lowest BCUT2D eigenvalue weighted by Crippen LogP contribution is -2.46. The molecule has 0 spiro atoms. The second-order valence-electron chi connectivity index (χ2n) is 6.66. The van der Waals surface area contributed by atoms with Crippen molar-refractivity contribution in [3.05, 3.63) is 65.5 Å². The normalized spacial score (nSPS) is 12.8. The summed E-state index contributed by atoms with van der Waals surface area (Å²) in [6, 6.07) is 13.0. The standard InChI is InChI=1S/C21H28FN3O2S.HI/c1-4-19(15-28(26,27)20-8-6-5-7-9-20)25-21(23-3)24-13-12-17-10-11-18(22)14-16(17)2;/h5-11,14,19H,4,12-13,15H2,1-3H3,(H2,23,24,25);1H. The second-order valence-corrected chi connectivity index (χ2v) is 8.70. The zero-order chi connectivity index (χ0) is 20.6. The number of nitrogens with zero attached hydrogens (tertiary/aromatic N) is 1. The van der Waals surface area contributed by atoms with Crippen molar-refractivity contribution in [2.24, 2.45) is 4.99 Å². The van der Waals surface area contributed by atoms with Crippen LogP contribution in [0, 0.1) is 12.7 Å². The molecule has 0 saturated heterocycles. The molecule has 0 aliphatic carbocycles. The van der Waals surface area contributed by atoms with E-state index in [-0.39, 0.29) is 41.6 Å². The van der Waals surface area contributed by atoms with Gasteiger partial charge >= 0.3 is 0 Å². The zero-order valence-corrected chi connectivity index (χ0v) is 20.1. The minimum Gasteiger partial charge on any atom is -0.356 e. The van der Waals surface area contributed by atoms with Crippen LogP contribution in [-0.4, -0.2) is 39.8 Å². The van der Waals surface area contributed by atoms with Crippen LogP contribution < -0.4 is 10.6 Å². The van der Waals surface area contributed by atoms with Crippen molar-refractivity contribution in [1.82, 2.24) is 10.6 Å². The number of nitrogens with one attached hydrogen (secondary N) is 2. The zero-order valence-electron chi connectivity index (χ0n) is 17.0. The van der Waals surface area contributed by atoms with Crippen LogP contribution in [0.5, 0.6) is 0 Å². The number of rotatable bonds is 8. The average Bonchev–Trinajstić information content (AvgIpc) is 2.68. The van der Waals surface area contributed by atoms with E-state index in [1.165, 1.54) is 12.1 Å². The van der Waals surface area contributed by atoms with E-state index in [4.69, 9.17) is 0 Å². The Bertz CT molecular complexity index is 905. The molecule has 0 bridgehead atoms. The Hall–Kier alpha value is -1.68. The minimum absolute atomic E-state index is 0. The second kappa shape index (κ2) is 12.1. The van der Waals surface area contributed by atoms with Crippen LogP contribution in [0.2, 0.25) is 0 Å². The Morgan fingerprint density at radius 2 is 1.86 bits per heavy atom. The van der Waals surface area contributed by atoms with E-state index < -0.39 is 9.84 Å². The third kappa shape index (κ3) is 7.93. The molecule has 0 aromatic heterocycles. The van der Waals surface area contributed by atoms with Crippen LogP contribution in [0.25, 0.3) is 0 Å². The summed E-state index contributed by atoms with van der Waals surface area (Å²) in [5.74, 6) is 0.303. The number of aliphatic imine (C=N–C) groups is 1. The van der Waals surface area contributed by atoms with Gasteiger partial charge in [-0.15, -0.1) is 24.0 Å². The van der Waals surface area contributed by atoms with E-state index in [1.807, 2.05) is 13.8 Å². The first-order valence-electron chi connectivity index (χ1n) is 9.35. The summed E-state index contributed by atoms with van der Waals surface area (Å²) in [6.07, 6.45) is 1.36. The predicted molar refractivity (Wildman–Crippen MR) is 127 cm³/mol. The predicted octanol–water partition coefficient (Wildman–Crippen LogP) is 3.71. The Morgan fingerprint density at radius 3 is 2.45 bits per heavy atom. The van der Waals surface area contributed by atoms with Gasteiger partial charge in [-0.2, -0.15) is 0 Å². The summed E-state index contributed by atoms with van der Waals surface area (Å²) in [5.41, 5.74) is 1.97. The van der Waals surface area contributed by atoms with Gasteiger partial charge in [-0.05, 0) is 55.2 Å². The molecule has 1 unspecified atom stereocenters. The molecular formula is C21H29FIN3O2S. The molecule has 2 N–H and O–H groups in total. The van der Waals surface area contributed by atoms with Crippen molar-refractivity contribution in [2.75, 3.05) is 19.3 Å². The van der Waals surface area contributed by atoms with Gasteiger partial charge in [0.2, 0.25) is 0 Å². The minimum atomic E-state index is -3.38. The largest absolute Gasteiger partial charge is 0.356 e. The summed E-state index contributed by atoms with van der Waals surface area (Å²) >= 11 is 0. The van der Waals surface area contributed by atoms with E-state index in [0.717, 1.165) is 11.1 Å². The lowest BCUT2D eigenvalue weighted by molar-refractivity contribution is 0.568. The van der Waals surface area contributed by atoms with Crippen molar-refractivity contribution in [3.63, 3.8) is 0 Å². The molecule has 0 saturated carbocycles. The van der Waals surface area contributed by atoms with Gasteiger partial charge in [0.05, 0.1) is 10.6 Å². The highest BCUT2D eigenvalue weighted by Crippen LogP contribution is 2.13. The highest BCUT2D eigenvalue weighted by Gasteiger charge is 2.20. The summed E-state index contributed by atoms with van der Waals surface area (Å²) < 4.78 is 38.4. The maximum Gasteiger partial charge on any atom is 0.191 e. The van der Waals surface area contributed by atoms with E-state index in [0.29, 0.717) is 30.2 Å². The fourth-order valence-electron chi connectivity index (χ4n) is 2.89. The number of halogens is 2. The molecule has 2 aromatic rings. The summed E-state index contributed by atoms with van der Waals surface area (Å²) in [7, 11) is -1.73. The van der Waals surface area contributed by atoms with Crippen molar-refractivity contribution in [1.29, 1.82) is 0 Å².